The summed E-state index contributed by atoms with van der Waals surface area (Å²) >= 11 is 5.91. The molecule has 8 nitrogen and oxygen atoms in total. The van der Waals surface area contributed by atoms with E-state index in [1.165, 1.54) is 13.1 Å². The van der Waals surface area contributed by atoms with Gasteiger partial charge >= 0.3 is 0 Å². The molecule has 2 aromatic rings. The number of nitrogens with one attached hydrogen (secondary N) is 2. The highest BCUT2D eigenvalue weighted by Gasteiger charge is 2.47. The van der Waals surface area contributed by atoms with Crippen molar-refractivity contribution in [3.63, 3.8) is 0 Å². The number of likely N-dealkylation sites (tertiary alicyclic amines) is 1. The van der Waals surface area contributed by atoms with E-state index < -0.39 is 11.4 Å². The van der Waals surface area contributed by atoms with Crippen LogP contribution in [0, 0.1) is 5.82 Å². The molecule has 2 N–H and O–H groups in total. The summed E-state index contributed by atoms with van der Waals surface area (Å²) in [6.07, 6.45) is 5.27. The molecule has 2 fully saturated rings. The standard InChI is InChI=1S/C26H29ClFN5O3/c1-29-24(36)26(30-16-34)10-12-32(13-11-26)23(35)20-6-7-21-22(31-20)25(8-2-3-9-25)15-33(21)17-4-5-18(27)19(28)14-17/h4-7,14,16H,2-3,8-13,15H2,1H3,(H,29,36)(H,30,34). The van der Waals surface area contributed by atoms with Crippen molar-refractivity contribution in [3.05, 3.63) is 52.6 Å². The Hall–Kier alpha value is -3.20. The number of rotatable bonds is 5. The van der Waals surface area contributed by atoms with Crippen molar-refractivity contribution in [3.8, 4) is 0 Å². The number of benzene rings is 1. The molecule has 5 rings (SSSR count). The topological polar surface area (TPSA) is 94.6 Å². The lowest BCUT2D eigenvalue weighted by atomic mass is 9.84. The van der Waals surface area contributed by atoms with Crippen LogP contribution in [0.3, 0.4) is 0 Å². The number of pyridine rings is 1. The maximum Gasteiger partial charge on any atom is 0.272 e. The largest absolute Gasteiger partial charge is 0.357 e. The molecule has 1 aromatic heterocycles. The van der Waals surface area contributed by atoms with Crippen molar-refractivity contribution >= 4 is 41.2 Å². The Balaban J connectivity index is 1.42. The molecule has 10 heteroatoms. The number of likely N-dealkylation sites (N-methyl/N-ethyl adjacent to an activating group) is 1. The maximum absolute atomic E-state index is 14.3. The number of anilines is 2. The van der Waals surface area contributed by atoms with Crippen molar-refractivity contribution in [1.29, 1.82) is 0 Å². The monoisotopic (exact) mass is 513 g/mol. The molecule has 0 unspecified atom stereocenters. The van der Waals surface area contributed by atoms with E-state index in [0.29, 0.717) is 50.3 Å². The van der Waals surface area contributed by atoms with Gasteiger partial charge in [0.15, 0.2) is 0 Å². The Bertz CT molecular complexity index is 1210. The van der Waals surface area contributed by atoms with Gasteiger partial charge in [-0.25, -0.2) is 9.37 Å². The predicted octanol–water partition coefficient (Wildman–Crippen LogP) is 3.30. The van der Waals surface area contributed by atoms with Crippen molar-refractivity contribution in [2.45, 2.75) is 49.5 Å². The zero-order valence-corrected chi connectivity index (χ0v) is 20.9. The molecule has 0 bridgehead atoms. The number of nitrogens with zero attached hydrogens (tertiary/aromatic N) is 3. The molecular formula is C26H29ClFN5O3. The summed E-state index contributed by atoms with van der Waals surface area (Å²) in [4.78, 5) is 45.6. The number of aromatic nitrogens is 1. The molecule has 190 valence electrons. The third-order valence-corrected chi connectivity index (χ3v) is 8.33. The minimum atomic E-state index is -1.01. The molecule has 36 heavy (non-hydrogen) atoms. The van der Waals surface area contributed by atoms with E-state index in [1.807, 2.05) is 12.1 Å². The fourth-order valence-electron chi connectivity index (χ4n) is 6.01. The first kappa shape index (κ1) is 24.5. The first-order chi connectivity index (χ1) is 17.3. The summed E-state index contributed by atoms with van der Waals surface area (Å²) in [6, 6.07) is 8.44. The van der Waals surface area contributed by atoms with E-state index in [9.17, 15) is 18.8 Å². The van der Waals surface area contributed by atoms with Crippen LogP contribution in [0.2, 0.25) is 5.02 Å². The van der Waals surface area contributed by atoms with Gasteiger partial charge in [0, 0.05) is 37.8 Å². The van der Waals surface area contributed by atoms with Crippen LogP contribution in [-0.4, -0.2) is 60.3 Å². The summed E-state index contributed by atoms with van der Waals surface area (Å²) < 4.78 is 14.3. The second-order valence-electron chi connectivity index (χ2n) is 9.95. The van der Waals surface area contributed by atoms with E-state index in [1.54, 1.807) is 17.0 Å². The minimum Gasteiger partial charge on any atom is -0.357 e. The first-order valence-corrected chi connectivity index (χ1v) is 12.7. The van der Waals surface area contributed by atoms with E-state index in [2.05, 4.69) is 15.5 Å². The quantitative estimate of drug-likeness (QED) is 0.598. The van der Waals surface area contributed by atoms with E-state index >= 15 is 0 Å². The van der Waals surface area contributed by atoms with Gasteiger partial charge in [0.25, 0.3) is 5.91 Å². The molecule has 1 aliphatic carbocycles. The van der Waals surface area contributed by atoms with Gasteiger partial charge in [0.2, 0.25) is 12.3 Å². The van der Waals surface area contributed by atoms with Gasteiger partial charge < -0.3 is 20.4 Å². The molecule has 3 amide bonds. The van der Waals surface area contributed by atoms with Gasteiger partial charge in [-0.1, -0.05) is 24.4 Å². The predicted molar refractivity (Wildman–Crippen MR) is 134 cm³/mol. The third kappa shape index (κ3) is 3.99. The second-order valence-corrected chi connectivity index (χ2v) is 10.4. The highest BCUT2D eigenvalue weighted by Crippen LogP contribution is 2.52. The van der Waals surface area contributed by atoms with Crippen LogP contribution in [0.15, 0.2) is 30.3 Å². The summed E-state index contributed by atoms with van der Waals surface area (Å²) in [5.41, 5.74) is 1.67. The molecule has 1 aromatic carbocycles. The number of carbonyl (C=O) groups excluding carboxylic acids is 3. The Morgan fingerprint density at radius 1 is 1.11 bits per heavy atom. The molecule has 3 heterocycles. The zero-order chi connectivity index (χ0) is 25.5. The SMILES string of the molecule is CNC(=O)C1(NC=O)CCN(C(=O)c2ccc3c(n2)C2(CCCC2)CN3c2ccc(Cl)c(F)c2)CC1. The molecule has 3 aliphatic rings. The number of piperidine rings is 1. The fraction of sp³-hybridized carbons (Fsp3) is 0.462. The summed E-state index contributed by atoms with van der Waals surface area (Å²) in [6.45, 7) is 1.34. The number of amides is 3. The molecular weight excluding hydrogens is 485 g/mol. The molecule has 0 atom stereocenters. The lowest BCUT2D eigenvalue weighted by Crippen LogP contribution is -2.61. The number of hydrogen-bond acceptors (Lipinski definition) is 5. The lowest BCUT2D eigenvalue weighted by molar-refractivity contribution is -0.131. The van der Waals surface area contributed by atoms with Crippen molar-refractivity contribution in [1.82, 2.24) is 20.5 Å². The van der Waals surface area contributed by atoms with Crippen LogP contribution in [-0.2, 0) is 15.0 Å². The molecule has 1 spiro atoms. The zero-order valence-electron chi connectivity index (χ0n) is 20.2. The van der Waals surface area contributed by atoms with Gasteiger partial charge in [-0.05, 0) is 56.0 Å². The van der Waals surface area contributed by atoms with E-state index in [0.717, 1.165) is 37.1 Å². The fourth-order valence-corrected chi connectivity index (χ4v) is 6.13. The van der Waals surface area contributed by atoms with Crippen LogP contribution in [0.25, 0.3) is 0 Å². The highest BCUT2D eigenvalue weighted by atomic mass is 35.5. The van der Waals surface area contributed by atoms with Gasteiger partial charge in [-0.15, -0.1) is 0 Å². The minimum absolute atomic E-state index is 0.0816. The lowest BCUT2D eigenvalue weighted by Gasteiger charge is -2.39. The van der Waals surface area contributed by atoms with Crippen molar-refractivity contribution in [2.24, 2.45) is 0 Å². The van der Waals surface area contributed by atoms with Gasteiger partial charge in [0.05, 0.1) is 16.4 Å². The Morgan fingerprint density at radius 3 is 2.47 bits per heavy atom. The Kier molecular flexibility index (Phi) is 6.36. The molecule has 1 saturated heterocycles. The number of halogens is 2. The normalized spacial score (nSPS) is 19.8. The highest BCUT2D eigenvalue weighted by molar-refractivity contribution is 6.30. The Labute approximate surface area is 214 Å². The van der Waals surface area contributed by atoms with Gasteiger partial charge in [-0.2, -0.15) is 0 Å². The van der Waals surface area contributed by atoms with Crippen LogP contribution >= 0.6 is 11.6 Å². The number of hydrogen-bond donors (Lipinski definition) is 2. The van der Waals surface area contributed by atoms with Crippen LogP contribution in [0.4, 0.5) is 15.8 Å². The second kappa shape index (κ2) is 9.35. The van der Waals surface area contributed by atoms with E-state index in [-0.39, 0.29) is 22.3 Å². The van der Waals surface area contributed by atoms with Crippen LogP contribution < -0.4 is 15.5 Å². The number of carbonyl (C=O) groups is 3. The summed E-state index contributed by atoms with van der Waals surface area (Å²) in [5.74, 6) is -0.928. The number of fused-ring (bicyclic) bond motifs is 2. The van der Waals surface area contributed by atoms with Crippen molar-refractivity contribution in [2.75, 3.05) is 31.6 Å². The van der Waals surface area contributed by atoms with Crippen LogP contribution in [0.5, 0.6) is 0 Å². The average molecular weight is 514 g/mol. The van der Waals surface area contributed by atoms with Crippen molar-refractivity contribution < 1.29 is 18.8 Å². The van der Waals surface area contributed by atoms with E-state index in [4.69, 9.17) is 16.6 Å². The smallest absolute Gasteiger partial charge is 0.272 e. The summed E-state index contributed by atoms with van der Waals surface area (Å²) in [7, 11) is 1.53. The third-order valence-electron chi connectivity index (χ3n) is 8.02. The van der Waals surface area contributed by atoms with Crippen LogP contribution in [0.1, 0.15) is 54.7 Å². The van der Waals surface area contributed by atoms with Gasteiger partial charge in [0.1, 0.15) is 17.1 Å². The molecule has 1 saturated carbocycles. The molecule has 2 aliphatic heterocycles. The Morgan fingerprint density at radius 2 is 1.83 bits per heavy atom. The summed E-state index contributed by atoms with van der Waals surface area (Å²) in [5, 5.41) is 5.34. The maximum atomic E-state index is 14.3. The van der Waals surface area contributed by atoms with Gasteiger partial charge in [-0.3, -0.25) is 14.4 Å². The first-order valence-electron chi connectivity index (χ1n) is 12.3. The molecule has 0 radical (unpaired) electrons. The average Bonchev–Trinajstić information content (AvgIpc) is 3.50.